The van der Waals surface area contributed by atoms with Crippen molar-refractivity contribution >= 4 is 16.9 Å². The maximum atomic E-state index is 14.5. The third kappa shape index (κ3) is 2.94. The molecule has 1 aliphatic rings. The summed E-state index contributed by atoms with van der Waals surface area (Å²) >= 11 is 0. The summed E-state index contributed by atoms with van der Waals surface area (Å²) in [4.78, 5) is 8.05. The molecule has 126 valence electrons. The van der Waals surface area contributed by atoms with Gasteiger partial charge in [0.2, 0.25) is 5.95 Å². The molecule has 0 spiro atoms. The Hall–Kier alpha value is -2.91. The highest BCUT2D eigenvalue weighted by molar-refractivity contribution is 5.84. The number of hydrogen-bond acceptors (Lipinski definition) is 4. The summed E-state index contributed by atoms with van der Waals surface area (Å²) in [5.41, 5.74) is 5.85. The molecule has 6 heteroatoms. The Morgan fingerprint density at radius 2 is 2.04 bits per heavy atom. The number of rotatable bonds is 1. The third-order valence-electron chi connectivity index (χ3n) is 4.53. The Morgan fingerprint density at radius 3 is 2.80 bits per heavy atom. The molecule has 1 aliphatic carbocycles. The lowest BCUT2D eigenvalue weighted by Crippen LogP contribution is -2.20. The van der Waals surface area contributed by atoms with Crippen LogP contribution in [0.3, 0.4) is 0 Å². The van der Waals surface area contributed by atoms with Gasteiger partial charge in [-0.2, -0.15) is 4.98 Å². The van der Waals surface area contributed by atoms with E-state index < -0.39 is 5.60 Å². The monoisotopic (exact) mass is 336 g/mol. The van der Waals surface area contributed by atoms with Gasteiger partial charge in [0.25, 0.3) is 0 Å². The standard InChI is InChI=1S/C19H17FN4O/c20-15-11-13(3-8-19(25)6-1-2-7-19)12-16-14(15)5-10-24(16)17-4-9-22-18(21)23-17/h4-5,9-12,25H,1-2,6-7H2,(H2,21,22,23). The second kappa shape index (κ2) is 5.87. The summed E-state index contributed by atoms with van der Waals surface area (Å²) < 4.78 is 16.2. The molecule has 0 radical (unpaired) electrons. The van der Waals surface area contributed by atoms with Gasteiger partial charge in [-0.1, -0.05) is 11.8 Å². The Balaban J connectivity index is 1.81. The van der Waals surface area contributed by atoms with Gasteiger partial charge < -0.3 is 15.4 Å². The summed E-state index contributed by atoms with van der Waals surface area (Å²) in [5, 5.41) is 10.8. The maximum absolute atomic E-state index is 14.5. The molecule has 3 N–H and O–H groups in total. The van der Waals surface area contributed by atoms with Crippen LogP contribution in [-0.2, 0) is 0 Å². The van der Waals surface area contributed by atoms with E-state index in [0.717, 1.165) is 12.8 Å². The van der Waals surface area contributed by atoms with Crippen molar-refractivity contribution in [3.8, 4) is 17.7 Å². The van der Waals surface area contributed by atoms with Crippen molar-refractivity contribution in [3.63, 3.8) is 0 Å². The van der Waals surface area contributed by atoms with Gasteiger partial charge in [-0.3, -0.25) is 0 Å². The van der Waals surface area contributed by atoms with Crippen LogP contribution < -0.4 is 5.73 Å². The van der Waals surface area contributed by atoms with E-state index in [9.17, 15) is 9.50 Å². The normalized spacial score (nSPS) is 15.9. The molecule has 5 nitrogen and oxygen atoms in total. The highest BCUT2D eigenvalue weighted by Crippen LogP contribution is 2.29. The smallest absolute Gasteiger partial charge is 0.221 e. The molecule has 2 heterocycles. The third-order valence-corrected chi connectivity index (χ3v) is 4.53. The number of halogens is 1. The van der Waals surface area contributed by atoms with Crippen molar-refractivity contribution in [2.24, 2.45) is 0 Å². The average molecular weight is 336 g/mol. The summed E-state index contributed by atoms with van der Waals surface area (Å²) in [6, 6.07) is 6.58. The number of aromatic nitrogens is 3. The fourth-order valence-electron chi connectivity index (χ4n) is 3.24. The first-order valence-electron chi connectivity index (χ1n) is 8.19. The molecule has 0 aliphatic heterocycles. The molecule has 2 aromatic heterocycles. The quantitative estimate of drug-likeness (QED) is 0.670. The van der Waals surface area contributed by atoms with Crippen LogP contribution in [0.4, 0.5) is 10.3 Å². The van der Waals surface area contributed by atoms with Gasteiger partial charge in [-0.15, -0.1) is 0 Å². The zero-order valence-electron chi connectivity index (χ0n) is 13.5. The zero-order chi connectivity index (χ0) is 17.4. The Kier molecular flexibility index (Phi) is 3.66. The molecular formula is C19H17FN4O. The van der Waals surface area contributed by atoms with Gasteiger partial charge in [0.15, 0.2) is 0 Å². The maximum Gasteiger partial charge on any atom is 0.221 e. The van der Waals surface area contributed by atoms with E-state index in [-0.39, 0.29) is 11.8 Å². The number of fused-ring (bicyclic) bond motifs is 1. The number of anilines is 1. The molecule has 0 amide bonds. The van der Waals surface area contributed by atoms with Crippen LogP contribution in [0.1, 0.15) is 31.2 Å². The van der Waals surface area contributed by atoms with Gasteiger partial charge in [0.1, 0.15) is 17.2 Å². The fraction of sp³-hybridized carbons (Fsp3) is 0.263. The van der Waals surface area contributed by atoms with E-state index in [1.54, 1.807) is 35.2 Å². The SMILES string of the molecule is Nc1nccc(-n2ccc3c(F)cc(C#CC4(O)CCCC4)cc32)n1. The van der Waals surface area contributed by atoms with Gasteiger partial charge in [0, 0.05) is 23.3 Å². The van der Waals surface area contributed by atoms with Crippen LogP contribution in [0.5, 0.6) is 0 Å². The number of benzene rings is 1. The van der Waals surface area contributed by atoms with Gasteiger partial charge >= 0.3 is 0 Å². The summed E-state index contributed by atoms with van der Waals surface area (Å²) in [6.07, 6.45) is 6.56. The molecule has 4 rings (SSSR count). The minimum absolute atomic E-state index is 0.152. The number of hydrogen-bond donors (Lipinski definition) is 2. The largest absolute Gasteiger partial charge is 0.378 e. The summed E-state index contributed by atoms with van der Waals surface area (Å²) in [7, 11) is 0. The van der Waals surface area contributed by atoms with Crippen LogP contribution in [0.2, 0.25) is 0 Å². The molecule has 0 atom stereocenters. The molecule has 0 unspecified atom stereocenters. The van der Waals surface area contributed by atoms with Crippen LogP contribution >= 0.6 is 0 Å². The lowest BCUT2D eigenvalue weighted by atomic mass is 10.0. The number of nitrogens with zero attached hydrogens (tertiary/aromatic N) is 3. The highest BCUT2D eigenvalue weighted by atomic mass is 19.1. The lowest BCUT2D eigenvalue weighted by Gasteiger charge is -2.12. The number of nitrogens with two attached hydrogens (primary N) is 1. The Bertz CT molecular complexity index is 1010. The zero-order valence-corrected chi connectivity index (χ0v) is 13.5. The second-order valence-electron chi connectivity index (χ2n) is 6.34. The van der Waals surface area contributed by atoms with Crippen molar-refractivity contribution in [3.05, 3.63) is 48.0 Å². The van der Waals surface area contributed by atoms with E-state index in [0.29, 0.717) is 35.1 Å². The lowest BCUT2D eigenvalue weighted by molar-refractivity contribution is 0.110. The highest BCUT2D eigenvalue weighted by Gasteiger charge is 2.28. The van der Waals surface area contributed by atoms with Crippen LogP contribution in [-0.4, -0.2) is 25.2 Å². The van der Waals surface area contributed by atoms with Crippen LogP contribution in [0.15, 0.2) is 36.7 Å². The first-order chi connectivity index (χ1) is 12.0. The molecule has 1 fully saturated rings. The van der Waals surface area contributed by atoms with E-state index >= 15 is 0 Å². The molecule has 3 aromatic rings. The van der Waals surface area contributed by atoms with Crippen molar-refractivity contribution in [1.29, 1.82) is 0 Å². The van der Waals surface area contributed by atoms with E-state index in [2.05, 4.69) is 21.8 Å². The first kappa shape index (κ1) is 15.6. The van der Waals surface area contributed by atoms with Gasteiger partial charge in [0.05, 0.1) is 5.52 Å². The van der Waals surface area contributed by atoms with E-state index in [1.165, 1.54) is 6.07 Å². The van der Waals surface area contributed by atoms with E-state index in [4.69, 9.17) is 5.73 Å². The molecule has 1 saturated carbocycles. The topological polar surface area (TPSA) is 77.0 Å². The molecule has 25 heavy (non-hydrogen) atoms. The van der Waals surface area contributed by atoms with Crippen molar-refractivity contribution < 1.29 is 9.50 Å². The first-order valence-corrected chi connectivity index (χ1v) is 8.19. The summed E-state index contributed by atoms with van der Waals surface area (Å²) in [6.45, 7) is 0. The minimum atomic E-state index is -0.950. The average Bonchev–Trinajstić information content (AvgIpc) is 3.20. The number of nitrogen functional groups attached to an aromatic ring is 1. The number of aliphatic hydroxyl groups is 1. The summed E-state index contributed by atoms with van der Waals surface area (Å²) in [5.74, 6) is 6.19. The Morgan fingerprint density at radius 1 is 1.24 bits per heavy atom. The molecule has 0 bridgehead atoms. The molecular weight excluding hydrogens is 319 g/mol. The van der Waals surface area contributed by atoms with Crippen molar-refractivity contribution in [2.45, 2.75) is 31.3 Å². The van der Waals surface area contributed by atoms with Crippen LogP contribution in [0, 0.1) is 17.7 Å². The predicted octanol–water partition coefficient (Wildman–Crippen LogP) is 2.80. The van der Waals surface area contributed by atoms with Crippen molar-refractivity contribution in [1.82, 2.24) is 14.5 Å². The van der Waals surface area contributed by atoms with Gasteiger partial charge in [-0.25, -0.2) is 9.37 Å². The van der Waals surface area contributed by atoms with Crippen molar-refractivity contribution in [2.75, 3.05) is 5.73 Å². The second-order valence-corrected chi connectivity index (χ2v) is 6.34. The van der Waals surface area contributed by atoms with Crippen LogP contribution in [0.25, 0.3) is 16.7 Å². The fourth-order valence-corrected chi connectivity index (χ4v) is 3.24. The Labute approximate surface area is 144 Å². The molecule has 0 saturated heterocycles. The predicted molar refractivity (Wildman–Crippen MR) is 93.5 cm³/mol. The van der Waals surface area contributed by atoms with E-state index in [1.807, 2.05) is 0 Å². The molecule has 1 aromatic carbocycles. The van der Waals surface area contributed by atoms with Gasteiger partial charge in [-0.05, 0) is 49.9 Å². The minimum Gasteiger partial charge on any atom is -0.378 e.